The Hall–Kier alpha value is -1.34. The fourth-order valence-corrected chi connectivity index (χ4v) is 1.69. The topological polar surface area (TPSA) is 67.8 Å². The maximum absolute atomic E-state index is 11.6. The summed E-state index contributed by atoms with van der Waals surface area (Å²) < 4.78 is 4.20. The zero-order chi connectivity index (χ0) is 10.7. The fraction of sp³-hybridized carbons (Fsp3) is 0. The van der Waals surface area contributed by atoms with E-state index in [-0.39, 0.29) is 5.91 Å². The number of rotatable bonds is 2. The number of hydrogen-bond donors (Lipinski definition) is 1. The molecule has 0 atom stereocenters. The second-order valence-corrected chi connectivity index (χ2v) is 4.11. The monoisotopic (exact) mass is 284 g/mol. The molecule has 0 bridgehead atoms. The minimum Gasteiger partial charge on any atom is -0.319 e. The van der Waals surface area contributed by atoms with Crippen molar-refractivity contribution in [1.29, 1.82) is 0 Å². The Labute approximate surface area is 97.8 Å². The number of aromatic nitrogens is 3. The van der Waals surface area contributed by atoms with Crippen molar-refractivity contribution in [3.05, 3.63) is 34.0 Å². The Morgan fingerprint density at radius 3 is 3.07 bits per heavy atom. The first kappa shape index (κ1) is 10.2. The average Bonchev–Trinajstić information content (AvgIpc) is 2.74. The molecule has 5 nitrogen and oxygen atoms in total. The van der Waals surface area contributed by atoms with Gasteiger partial charge in [-0.1, -0.05) is 4.49 Å². The van der Waals surface area contributed by atoms with Gasteiger partial charge in [-0.25, -0.2) is 4.98 Å². The molecule has 0 aliphatic rings. The van der Waals surface area contributed by atoms with Crippen LogP contribution in [0.3, 0.4) is 0 Å². The van der Waals surface area contributed by atoms with Crippen molar-refractivity contribution in [1.82, 2.24) is 14.6 Å². The highest BCUT2D eigenvalue weighted by atomic mass is 79.9. The second kappa shape index (κ2) is 4.45. The Morgan fingerprint density at radius 2 is 2.40 bits per heavy atom. The number of carbonyl (C=O) groups is 1. The molecule has 0 saturated heterocycles. The fourth-order valence-electron chi connectivity index (χ4n) is 0.930. The number of pyridine rings is 1. The van der Waals surface area contributed by atoms with E-state index in [1.54, 1.807) is 18.3 Å². The SMILES string of the molecule is O=C(Nc1cccnc1Br)c1cnns1. The maximum Gasteiger partial charge on any atom is 0.269 e. The number of amides is 1. The van der Waals surface area contributed by atoms with Crippen LogP contribution in [0.5, 0.6) is 0 Å². The zero-order valence-corrected chi connectivity index (χ0v) is 9.75. The molecular formula is C8H5BrN4OS. The molecule has 0 saturated carbocycles. The van der Waals surface area contributed by atoms with Crippen molar-refractivity contribution in [2.75, 3.05) is 5.32 Å². The lowest BCUT2D eigenvalue weighted by molar-refractivity contribution is 0.103. The Balaban J connectivity index is 2.17. The first-order chi connectivity index (χ1) is 7.27. The summed E-state index contributed by atoms with van der Waals surface area (Å²) in [6.07, 6.45) is 3.05. The van der Waals surface area contributed by atoms with Gasteiger partial charge in [0.25, 0.3) is 5.91 Å². The van der Waals surface area contributed by atoms with Crippen LogP contribution in [-0.2, 0) is 0 Å². The standard InChI is InChI=1S/C8H5BrN4OS/c9-7-5(2-1-3-10-7)12-8(14)6-4-11-13-15-6/h1-4H,(H,12,14). The quantitative estimate of drug-likeness (QED) is 0.856. The number of halogens is 1. The van der Waals surface area contributed by atoms with Gasteiger partial charge in [0.05, 0.1) is 11.9 Å². The third-order valence-corrected chi connectivity index (χ3v) is 2.89. The van der Waals surface area contributed by atoms with Crippen LogP contribution in [-0.4, -0.2) is 20.5 Å². The lowest BCUT2D eigenvalue weighted by atomic mass is 10.4. The highest BCUT2D eigenvalue weighted by molar-refractivity contribution is 9.10. The number of anilines is 1. The van der Waals surface area contributed by atoms with E-state index in [1.807, 2.05) is 0 Å². The van der Waals surface area contributed by atoms with Gasteiger partial charge >= 0.3 is 0 Å². The van der Waals surface area contributed by atoms with E-state index in [0.29, 0.717) is 15.2 Å². The van der Waals surface area contributed by atoms with Gasteiger partial charge in [0, 0.05) is 6.20 Å². The molecule has 15 heavy (non-hydrogen) atoms. The molecule has 0 unspecified atom stereocenters. The molecule has 2 rings (SSSR count). The maximum atomic E-state index is 11.6. The highest BCUT2D eigenvalue weighted by Gasteiger charge is 2.10. The summed E-state index contributed by atoms with van der Waals surface area (Å²) in [7, 11) is 0. The van der Waals surface area contributed by atoms with E-state index in [9.17, 15) is 4.79 Å². The molecule has 0 fully saturated rings. The van der Waals surface area contributed by atoms with Crippen molar-refractivity contribution in [2.24, 2.45) is 0 Å². The number of nitrogens with one attached hydrogen (secondary N) is 1. The lowest BCUT2D eigenvalue weighted by Gasteiger charge is -2.03. The second-order valence-electron chi connectivity index (χ2n) is 2.58. The molecule has 0 spiro atoms. The van der Waals surface area contributed by atoms with Crippen LogP contribution in [0.15, 0.2) is 29.1 Å². The summed E-state index contributed by atoms with van der Waals surface area (Å²) in [5.41, 5.74) is 0.621. The van der Waals surface area contributed by atoms with Crippen molar-refractivity contribution in [3.63, 3.8) is 0 Å². The Bertz CT molecular complexity index is 473. The molecule has 1 N–H and O–H groups in total. The van der Waals surface area contributed by atoms with E-state index < -0.39 is 0 Å². The van der Waals surface area contributed by atoms with Crippen molar-refractivity contribution in [3.8, 4) is 0 Å². The molecule has 1 amide bonds. The molecule has 0 aromatic carbocycles. The molecule has 0 aliphatic heterocycles. The molecular weight excluding hydrogens is 280 g/mol. The number of hydrogen-bond acceptors (Lipinski definition) is 5. The van der Waals surface area contributed by atoms with Crippen LogP contribution in [0.4, 0.5) is 5.69 Å². The Kier molecular flexibility index (Phi) is 3.02. The van der Waals surface area contributed by atoms with Gasteiger partial charge in [0.1, 0.15) is 9.48 Å². The van der Waals surface area contributed by atoms with E-state index in [1.165, 1.54) is 6.20 Å². The van der Waals surface area contributed by atoms with Crippen LogP contribution >= 0.6 is 27.5 Å². The molecule has 2 aromatic rings. The average molecular weight is 285 g/mol. The molecule has 0 aliphatic carbocycles. The predicted octanol–water partition coefficient (Wildman–Crippen LogP) is 1.95. The number of carbonyl (C=O) groups excluding carboxylic acids is 1. The van der Waals surface area contributed by atoms with Crippen molar-refractivity contribution < 1.29 is 4.79 Å². The summed E-state index contributed by atoms with van der Waals surface area (Å²) >= 11 is 4.28. The first-order valence-corrected chi connectivity index (χ1v) is 5.53. The largest absolute Gasteiger partial charge is 0.319 e. The van der Waals surface area contributed by atoms with Gasteiger partial charge in [-0.15, -0.1) is 5.10 Å². The summed E-state index contributed by atoms with van der Waals surface area (Å²) in [5.74, 6) is -0.237. The molecule has 0 radical (unpaired) electrons. The third kappa shape index (κ3) is 2.37. The molecule has 7 heteroatoms. The minimum absolute atomic E-state index is 0.237. The third-order valence-electron chi connectivity index (χ3n) is 1.59. The molecule has 2 heterocycles. The summed E-state index contributed by atoms with van der Waals surface area (Å²) in [6.45, 7) is 0. The van der Waals surface area contributed by atoms with Crippen LogP contribution in [0.25, 0.3) is 0 Å². The van der Waals surface area contributed by atoms with Gasteiger partial charge in [-0.2, -0.15) is 0 Å². The van der Waals surface area contributed by atoms with Gasteiger partial charge in [-0.3, -0.25) is 4.79 Å². The lowest BCUT2D eigenvalue weighted by Crippen LogP contribution is -2.10. The summed E-state index contributed by atoms with van der Waals surface area (Å²) in [4.78, 5) is 16.0. The van der Waals surface area contributed by atoms with Crippen LogP contribution < -0.4 is 5.32 Å². The predicted molar refractivity (Wildman–Crippen MR) is 59.8 cm³/mol. The zero-order valence-electron chi connectivity index (χ0n) is 7.35. The van der Waals surface area contributed by atoms with Gasteiger partial charge in [0.15, 0.2) is 0 Å². The first-order valence-electron chi connectivity index (χ1n) is 3.96. The van der Waals surface area contributed by atoms with Crippen molar-refractivity contribution in [2.45, 2.75) is 0 Å². The Morgan fingerprint density at radius 1 is 1.53 bits per heavy atom. The smallest absolute Gasteiger partial charge is 0.269 e. The normalized spacial score (nSPS) is 9.93. The van der Waals surface area contributed by atoms with Gasteiger partial charge in [-0.05, 0) is 39.6 Å². The molecule has 2 aromatic heterocycles. The summed E-state index contributed by atoms with van der Waals surface area (Å²) in [6, 6.07) is 3.49. The van der Waals surface area contributed by atoms with E-state index in [0.717, 1.165) is 11.5 Å². The van der Waals surface area contributed by atoms with Crippen molar-refractivity contribution >= 4 is 39.1 Å². The summed E-state index contributed by atoms with van der Waals surface area (Å²) in [5, 5.41) is 6.28. The number of nitrogens with zero attached hydrogens (tertiary/aromatic N) is 3. The van der Waals surface area contributed by atoms with E-state index >= 15 is 0 Å². The van der Waals surface area contributed by atoms with Gasteiger partial charge in [0.2, 0.25) is 0 Å². The van der Waals surface area contributed by atoms with Crippen LogP contribution in [0.1, 0.15) is 9.67 Å². The van der Waals surface area contributed by atoms with Crippen LogP contribution in [0.2, 0.25) is 0 Å². The van der Waals surface area contributed by atoms with E-state index in [2.05, 4.69) is 35.8 Å². The minimum atomic E-state index is -0.237. The van der Waals surface area contributed by atoms with E-state index in [4.69, 9.17) is 0 Å². The van der Waals surface area contributed by atoms with Crippen LogP contribution in [0, 0.1) is 0 Å². The highest BCUT2D eigenvalue weighted by Crippen LogP contribution is 2.19. The van der Waals surface area contributed by atoms with Gasteiger partial charge < -0.3 is 5.32 Å². The molecule has 76 valence electrons.